The molecule has 2 aliphatic rings. The molecule has 2 saturated heterocycles. The predicted molar refractivity (Wildman–Crippen MR) is 114 cm³/mol. The topological polar surface area (TPSA) is 68.2 Å². The van der Waals surface area contributed by atoms with Crippen molar-refractivity contribution in [2.75, 3.05) is 6.61 Å². The Balaban J connectivity index is 1.88. The molecule has 0 aliphatic carbocycles. The summed E-state index contributed by atoms with van der Waals surface area (Å²) in [6.45, 7) is 15.5. The molecule has 6 nitrogen and oxygen atoms in total. The molecule has 1 aromatic carbocycles. The summed E-state index contributed by atoms with van der Waals surface area (Å²) in [6, 6.07) is 9.35. The first-order valence-electron chi connectivity index (χ1n) is 10.3. The van der Waals surface area contributed by atoms with Crippen LogP contribution in [-0.2, 0) is 25.2 Å². The number of likely N-dealkylation sites (tertiary alicyclic amines) is 1. The third-order valence-corrected chi connectivity index (χ3v) is 10.9. The van der Waals surface area contributed by atoms with Gasteiger partial charge in [0.25, 0.3) is 5.91 Å². The lowest BCUT2D eigenvalue weighted by molar-refractivity contribution is -0.191. The van der Waals surface area contributed by atoms with Gasteiger partial charge in [0.05, 0.1) is 18.8 Å². The quantitative estimate of drug-likeness (QED) is 0.564. The Morgan fingerprint density at radius 2 is 1.90 bits per heavy atom. The number of aliphatic hydroxyl groups excluding tert-OH is 1. The minimum Gasteiger partial charge on any atom is -0.409 e. The molecular formula is C22H35NO5Si. The van der Waals surface area contributed by atoms with Crippen LogP contribution in [0.15, 0.2) is 30.3 Å². The molecule has 0 radical (unpaired) electrons. The molecule has 162 valence electrons. The van der Waals surface area contributed by atoms with Gasteiger partial charge in [0.2, 0.25) is 0 Å². The lowest BCUT2D eigenvalue weighted by atomic mass is 9.89. The molecule has 1 N–H and O–H groups in total. The van der Waals surface area contributed by atoms with Crippen molar-refractivity contribution in [3.63, 3.8) is 0 Å². The number of nitrogens with zero attached hydrogens (tertiary/aromatic N) is 1. The maximum atomic E-state index is 12.5. The summed E-state index contributed by atoms with van der Waals surface area (Å²) in [7, 11) is -2.18. The number of carbonyl (C=O) groups excluding carboxylic acids is 1. The molecule has 0 spiro atoms. The first-order chi connectivity index (χ1) is 13.3. The van der Waals surface area contributed by atoms with E-state index in [0.29, 0.717) is 13.2 Å². The number of benzene rings is 1. The lowest BCUT2D eigenvalue weighted by Gasteiger charge is -2.52. The second-order valence-electron chi connectivity index (χ2n) is 10.1. The van der Waals surface area contributed by atoms with Crippen molar-refractivity contribution in [3.8, 4) is 0 Å². The predicted octanol–water partition coefficient (Wildman–Crippen LogP) is 3.30. The van der Waals surface area contributed by atoms with Crippen molar-refractivity contribution in [2.45, 2.75) is 89.4 Å². The van der Waals surface area contributed by atoms with E-state index in [-0.39, 0.29) is 17.0 Å². The van der Waals surface area contributed by atoms with Crippen molar-refractivity contribution < 1.29 is 23.8 Å². The summed E-state index contributed by atoms with van der Waals surface area (Å²) in [6.07, 6.45) is -1.87. The number of hydrogen-bond donors (Lipinski definition) is 1. The standard InChI is InChI=1S/C22H35NO5Si/c1-21(2,3)29(6,7)28-19(16-14-26-22(4,5)27-16)17-18(24)20(25)23(17)13-15-11-9-8-10-12-15/h8-12,16-19,24H,13-14H2,1-7H3/t16-,17+,18+,19+/m0/s1. The van der Waals surface area contributed by atoms with Gasteiger partial charge in [0.1, 0.15) is 6.10 Å². The fraction of sp³-hybridized carbons (Fsp3) is 0.682. The number of hydrogen-bond acceptors (Lipinski definition) is 5. The molecule has 0 saturated carbocycles. The van der Waals surface area contributed by atoms with Gasteiger partial charge >= 0.3 is 0 Å². The van der Waals surface area contributed by atoms with Gasteiger partial charge in [0, 0.05) is 6.54 Å². The second kappa shape index (κ2) is 7.78. The van der Waals surface area contributed by atoms with Gasteiger partial charge in [-0.3, -0.25) is 4.79 Å². The molecule has 1 aromatic rings. The number of ether oxygens (including phenoxy) is 2. The van der Waals surface area contributed by atoms with Crippen molar-refractivity contribution in [1.82, 2.24) is 4.90 Å². The van der Waals surface area contributed by atoms with Crippen molar-refractivity contribution >= 4 is 14.2 Å². The zero-order valence-corrected chi connectivity index (χ0v) is 19.6. The highest BCUT2D eigenvalue weighted by Gasteiger charge is 2.56. The van der Waals surface area contributed by atoms with Crippen LogP contribution in [0.25, 0.3) is 0 Å². The fourth-order valence-electron chi connectivity index (χ4n) is 3.63. The molecule has 2 aliphatic heterocycles. The van der Waals surface area contributed by atoms with E-state index in [1.165, 1.54) is 0 Å². The minimum absolute atomic E-state index is 0.0107. The van der Waals surface area contributed by atoms with Gasteiger partial charge in [0.15, 0.2) is 20.2 Å². The summed E-state index contributed by atoms with van der Waals surface area (Å²) in [5, 5.41) is 10.6. The highest BCUT2D eigenvalue weighted by Crippen LogP contribution is 2.41. The third-order valence-electron chi connectivity index (χ3n) is 6.39. The molecule has 29 heavy (non-hydrogen) atoms. The summed E-state index contributed by atoms with van der Waals surface area (Å²) >= 11 is 0. The molecular weight excluding hydrogens is 386 g/mol. The number of aliphatic hydroxyl groups is 1. The van der Waals surface area contributed by atoms with Crippen LogP contribution in [0.5, 0.6) is 0 Å². The van der Waals surface area contributed by atoms with Crippen LogP contribution >= 0.6 is 0 Å². The zero-order chi connectivity index (χ0) is 21.6. The highest BCUT2D eigenvalue weighted by atomic mass is 28.4. The summed E-state index contributed by atoms with van der Waals surface area (Å²) < 4.78 is 18.7. The van der Waals surface area contributed by atoms with Crippen molar-refractivity contribution in [1.29, 1.82) is 0 Å². The number of rotatable bonds is 6. The number of carbonyl (C=O) groups is 1. The van der Waals surface area contributed by atoms with E-state index in [2.05, 4.69) is 33.9 Å². The van der Waals surface area contributed by atoms with E-state index in [0.717, 1.165) is 5.56 Å². The summed E-state index contributed by atoms with van der Waals surface area (Å²) in [5.74, 6) is -0.969. The molecule has 4 atom stereocenters. The van der Waals surface area contributed by atoms with E-state index in [1.807, 2.05) is 44.2 Å². The zero-order valence-electron chi connectivity index (χ0n) is 18.6. The third kappa shape index (κ3) is 4.59. The van der Waals surface area contributed by atoms with E-state index in [4.69, 9.17) is 13.9 Å². The van der Waals surface area contributed by atoms with Crippen LogP contribution in [-0.4, -0.2) is 61.0 Å². The summed E-state index contributed by atoms with van der Waals surface area (Å²) in [5.41, 5.74) is 1.02. The maximum absolute atomic E-state index is 12.5. The molecule has 3 rings (SSSR count). The Hall–Kier alpha value is -1.25. The van der Waals surface area contributed by atoms with Gasteiger partial charge in [-0.15, -0.1) is 0 Å². The van der Waals surface area contributed by atoms with Gasteiger partial charge in [-0.25, -0.2) is 0 Å². The van der Waals surface area contributed by atoms with E-state index < -0.39 is 32.4 Å². The van der Waals surface area contributed by atoms with Crippen molar-refractivity contribution in [3.05, 3.63) is 35.9 Å². The molecule has 1 amide bonds. The largest absolute Gasteiger partial charge is 0.409 e. The molecule has 0 aromatic heterocycles. The first-order valence-corrected chi connectivity index (χ1v) is 13.3. The van der Waals surface area contributed by atoms with Crippen LogP contribution in [0.4, 0.5) is 0 Å². The Labute approximate surface area is 175 Å². The maximum Gasteiger partial charge on any atom is 0.254 e. The Bertz CT molecular complexity index is 730. The Kier molecular flexibility index (Phi) is 6.02. The average molecular weight is 422 g/mol. The number of amides is 1. The summed E-state index contributed by atoms with van der Waals surface area (Å²) in [4.78, 5) is 14.3. The molecule has 0 bridgehead atoms. The average Bonchev–Trinajstić information content (AvgIpc) is 2.99. The van der Waals surface area contributed by atoms with Gasteiger partial charge in [-0.2, -0.15) is 0 Å². The van der Waals surface area contributed by atoms with Crippen LogP contribution in [0, 0.1) is 0 Å². The first kappa shape index (κ1) is 22.4. The van der Waals surface area contributed by atoms with E-state index >= 15 is 0 Å². The monoisotopic (exact) mass is 421 g/mol. The van der Waals surface area contributed by atoms with Crippen molar-refractivity contribution in [2.24, 2.45) is 0 Å². The smallest absolute Gasteiger partial charge is 0.254 e. The van der Waals surface area contributed by atoms with Gasteiger partial charge < -0.3 is 23.9 Å². The SMILES string of the molecule is CC1(C)OC[C@@H]([C@@H](O[Si](C)(C)C(C)(C)C)[C@H]2[C@@H](O)C(=O)N2Cc2ccccc2)O1. The van der Waals surface area contributed by atoms with Crippen LogP contribution < -0.4 is 0 Å². The number of β-lactam (4-membered cyclic amide) rings is 1. The van der Waals surface area contributed by atoms with Crippen LogP contribution in [0.1, 0.15) is 40.2 Å². The molecule has 2 fully saturated rings. The Morgan fingerprint density at radius 3 is 2.41 bits per heavy atom. The molecule has 2 heterocycles. The van der Waals surface area contributed by atoms with Crippen LogP contribution in [0.2, 0.25) is 18.1 Å². The van der Waals surface area contributed by atoms with E-state index in [1.54, 1.807) is 4.90 Å². The Morgan fingerprint density at radius 1 is 1.28 bits per heavy atom. The van der Waals surface area contributed by atoms with E-state index in [9.17, 15) is 9.90 Å². The lowest BCUT2D eigenvalue weighted by Crippen LogP contribution is -2.72. The van der Waals surface area contributed by atoms with Gasteiger partial charge in [-0.05, 0) is 37.5 Å². The normalized spacial score (nSPS) is 28.3. The fourth-order valence-corrected chi connectivity index (χ4v) is 4.96. The highest BCUT2D eigenvalue weighted by molar-refractivity contribution is 6.74. The van der Waals surface area contributed by atoms with Gasteiger partial charge in [-0.1, -0.05) is 51.1 Å². The van der Waals surface area contributed by atoms with Crippen LogP contribution in [0.3, 0.4) is 0 Å². The second-order valence-corrected chi connectivity index (χ2v) is 14.9. The molecule has 7 heteroatoms. The molecule has 0 unspecified atom stereocenters. The minimum atomic E-state index is -2.18.